The molecule has 1 fully saturated rings. The van der Waals surface area contributed by atoms with E-state index in [1.54, 1.807) is 6.20 Å². The van der Waals surface area contributed by atoms with Gasteiger partial charge < -0.3 is 14.3 Å². The lowest BCUT2D eigenvalue weighted by Gasteiger charge is -2.13. The van der Waals surface area contributed by atoms with Crippen molar-refractivity contribution < 1.29 is 18.7 Å². The molecule has 1 saturated heterocycles. The fourth-order valence-electron chi connectivity index (χ4n) is 3.41. The van der Waals surface area contributed by atoms with Gasteiger partial charge in [0.05, 0.1) is 12.0 Å². The highest BCUT2D eigenvalue weighted by Crippen LogP contribution is 2.30. The number of hydrogen-bond donors (Lipinski definition) is 1. The summed E-state index contributed by atoms with van der Waals surface area (Å²) in [6.07, 6.45) is 6.73. The summed E-state index contributed by atoms with van der Waals surface area (Å²) < 4.78 is 26.2. The molecule has 3 rings (SSSR count). The van der Waals surface area contributed by atoms with Crippen LogP contribution in [-0.4, -0.2) is 33.5 Å². The van der Waals surface area contributed by atoms with E-state index in [0.29, 0.717) is 11.1 Å². The van der Waals surface area contributed by atoms with E-state index in [2.05, 4.69) is 11.9 Å². The van der Waals surface area contributed by atoms with Crippen molar-refractivity contribution in [3.63, 3.8) is 0 Å². The number of ether oxygens (including phenoxy) is 1. The Labute approximate surface area is 152 Å². The van der Waals surface area contributed by atoms with E-state index in [4.69, 9.17) is 14.3 Å². The number of aliphatic hydroxyl groups is 1. The molecule has 0 saturated carbocycles. The molecular formula is C19H27FN2O4. The molecule has 1 aliphatic rings. The molecule has 0 unspecified atom stereocenters. The number of aliphatic hydroxyl groups excluding tert-OH is 1. The maximum atomic E-state index is 13.8. The first-order chi connectivity index (χ1) is 12.6. The highest BCUT2D eigenvalue weighted by molar-refractivity contribution is 5.72. The van der Waals surface area contributed by atoms with Crippen LogP contribution in [0.5, 0.6) is 0 Å². The minimum Gasteiger partial charge on any atom is -0.443 e. The smallest absolute Gasteiger partial charge is 0.353 e. The molecule has 0 aliphatic carbocycles. The molecule has 1 N–H and O–H groups in total. The number of aromatic nitrogens is 2. The molecule has 2 aromatic heterocycles. The van der Waals surface area contributed by atoms with E-state index in [1.807, 2.05) is 6.07 Å². The maximum Gasteiger partial charge on any atom is 0.353 e. The average Bonchev–Trinajstić information content (AvgIpc) is 3.19. The molecule has 3 heterocycles. The minimum atomic E-state index is -1.29. The maximum absolute atomic E-state index is 13.8. The van der Waals surface area contributed by atoms with E-state index >= 15 is 0 Å². The molecule has 0 amide bonds. The molecule has 3 atom stereocenters. The fraction of sp³-hybridized carbons (Fsp3) is 0.684. The summed E-state index contributed by atoms with van der Waals surface area (Å²) in [6, 6.07) is 1.88. The third-order valence-electron chi connectivity index (χ3n) is 4.92. The zero-order valence-electron chi connectivity index (χ0n) is 15.2. The van der Waals surface area contributed by atoms with Crippen molar-refractivity contribution in [3.05, 3.63) is 28.5 Å². The van der Waals surface area contributed by atoms with Crippen LogP contribution in [0, 0.1) is 0 Å². The molecule has 0 bridgehead atoms. The zero-order valence-corrected chi connectivity index (χ0v) is 15.2. The highest BCUT2D eigenvalue weighted by Gasteiger charge is 2.36. The van der Waals surface area contributed by atoms with E-state index in [9.17, 15) is 9.18 Å². The number of aryl methyl sites for hydroxylation is 1. The molecule has 0 spiro atoms. The molecule has 2 aromatic rings. The zero-order chi connectivity index (χ0) is 18.5. The normalized spacial score (nSPS) is 23.1. The van der Waals surface area contributed by atoms with Gasteiger partial charge in [-0.25, -0.2) is 9.18 Å². The van der Waals surface area contributed by atoms with Gasteiger partial charge in [-0.1, -0.05) is 39.0 Å². The van der Waals surface area contributed by atoms with Crippen molar-refractivity contribution >= 4 is 11.1 Å². The first-order valence-corrected chi connectivity index (χ1v) is 9.54. The second-order valence-corrected chi connectivity index (χ2v) is 6.99. The van der Waals surface area contributed by atoms with E-state index < -0.39 is 30.8 Å². The summed E-state index contributed by atoms with van der Waals surface area (Å²) >= 11 is 0. The number of rotatable bonds is 9. The predicted molar refractivity (Wildman–Crippen MR) is 95.9 cm³/mol. The Hall–Kier alpha value is -1.73. The summed E-state index contributed by atoms with van der Waals surface area (Å²) in [6.45, 7) is 1.79. The van der Waals surface area contributed by atoms with E-state index in [-0.39, 0.29) is 6.42 Å². The van der Waals surface area contributed by atoms with Crippen LogP contribution in [0.4, 0.5) is 4.39 Å². The summed E-state index contributed by atoms with van der Waals surface area (Å²) in [5.74, 6) is 0.809. The van der Waals surface area contributed by atoms with Crippen molar-refractivity contribution in [1.82, 2.24) is 9.55 Å². The van der Waals surface area contributed by atoms with Crippen LogP contribution >= 0.6 is 0 Å². The lowest BCUT2D eigenvalue weighted by atomic mass is 10.1. The molecule has 26 heavy (non-hydrogen) atoms. The Bertz CT molecular complexity index is 772. The summed E-state index contributed by atoms with van der Waals surface area (Å²) in [4.78, 5) is 16.2. The second-order valence-electron chi connectivity index (χ2n) is 6.99. The van der Waals surface area contributed by atoms with Gasteiger partial charge in [0.1, 0.15) is 24.3 Å². The van der Waals surface area contributed by atoms with Crippen molar-refractivity contribution in [2.75, 3.05) is 6.61 Å². The molecule has 7 heteroatoms. The van der Waals surface area contributed by atoms with Crippen LogP contribution in [0.1, 0.15) is 63.9 Å². The SMILES string of the molecule is CCCCCCCCc1cc2cn([C@H]3C[C@H](F)[C@@H](CO)O3)c(=O)nc2o1. The third-order valence-corrected chi connectivity index (χ3v) is 4.92. The number of fused-ring (bicyclic) bond motifs is 1. The third kappa shape index (κ3) is 4.32. The van der Waals surface area contributed by atoms with Crippen LogP contribution in [0.3, 0.4) is 0 Å². The summed E-state index contributed by atoms with van der Waals surface area (Å²) in [7, 11) is 0. The van der Waals surface area contributed by atoms with Crippen molar-refractivity contribution in [1.29, 1.82) is 0 Å². The number of halogens is 1. The van der Waals surface area contributed by atoms with Crippen LogP contribution < -0.4 is 5.69 Å². The quantitative estimate of drug-likeness (QED) is 0.687. The topological polar surface area (TPSA) is 77.5 Å². The molecule has 0 aromatic carbocycles. The lowest BCUT2D eigenvalue weighted by molar-refractivity contribution is -0.0353. The van der Waals surface area contributed by atoms with Gasteiger partial charge in [0.15, 0.2) is 0 Å². The van der Waals surface area contributed by atoms with Gasteiger partial charge in [-0.05, 0) is 12.5 Å². The van der Waals surface area contributed by atoms with Gasteiger partial charge >= 0.3 is 5.69 Å². The van der Waals surface area contributed by atoms with Crippen LogP contribution in [0.25, 0.3) is 11.1 Å². The van der Waals surface area contributed by atoms with Gasteiger partial charge in [-0.3, -0.25) is 4.57 Å². The number of furan rings is 1. The summed E-state index contributed by atoms with van der Waals surface area (Å²) in [5, 5.41) is 9.82. The molecular weight excluding hydrogens is 339 g/mol. The Morgan fingerprint density at radius 2 is 2.08 bits per heavy atom. The van der Waals surface area contributed by atoms with Gasteiger partial charge in [-0.15, -0.1) is 0 Å². The number of nitrogens with zero attached hydrogens (tertiary/aromatic N) is 2. The minimum absolute atomic E-state index is 0.0286. The van der Waals surface area contributed by atoms with Crippen molar-refractivity contribution in [2.45, 2.75) is 76.8 Å². The summed E-state index contributed by atoms with van der Waals surface area (Å²) in [5.41, 5.74) is -0.227. The Morgan fingerprint density at radius 3 is 2.81 bits per heavy atom. The number of unbranched alkanes of at least 4 members (excludes halogenated alkanes) is 5. The van der Waals surface area contributed by atoms with Crippen LogP contribution in [-0.2, 0) is 11.2 Å². The molecule has 1 aliphatic heterocycles. The number of hydrogen-bond acceptors (Lipinski definition) is 5. The van der Waals surface area contributed by atoms with Gasteiger partial charge in [0.2, 0.25) is 5.71 Å². The van der Waals surface area contributed by atoms with Gasteiger partial charge in [-0.2, -0.15) is 4.98 Å². The van der Waals surface area contributed by atoms with Gasteiger partial charge in [0.25, 0.3) is 0 Å². The largest absolute Gasteiger partial charge is 0.443 e. The Balaban J connectivity index is 1.66. The standard InChI is InChI=1S/C19H27FN2O4/c1-2-3-4-5-6-7-8-14-9-13-11-22(19(24)21-18(13)25-14)17-10-15(20)16(12-23)26-17/h9,11,15-17,23H,2-8,10,12H2,1H3/t15-,16+,17+/m0/s1. The van der Waals surface area contributed by atoms with E-state index in [0.717, 1.165) is 25.0 Å². The van der Waals surface area contributed by atoms with Gasteiger partial charge in [0, 0.05) is 19.0 Å². The van der Waals surface area contributed by atoms with Crippen LogP contribution in [0.15, 0.2) is 21.5 Å². The Kier molecular flexibility index (Phi) is 6.43. The molecule has 144 valence electrons. The average molecular weight is 366 g/mol. The lowest BCUT2D eigenvalue weighted by Crippen LogP contribution is -2.27. The van der Waals surface area contributed by atoms with Crippen LogP contribution in [0.2, 0.25) is 0 Å². The number of alkyl halides is 1. The molecule has 0 radical (unpaired) electrons. The van der Waals surface area contributed by atoms with Crippen molar-refractivity contribution in [3.8, 4) is 0 Å². The Morgan fingerprint density at radius 1 is 1.31 bits per heavy atom. The van der Waals surface area contributed by atoms with Crippen molar-refractivity contribution in [2.24, 2.45) is 0 Å². The monoisotopic (exact) mass is 366 g/mol. The second kappa shape index (κ2) is 8.77. The first-order valence-electron chi connectivity index (χ1n) is 9.54. The van der Waals surface area contributed by atoms with E-state index in [1.165, 1.54) is 30.3 Å². The predicted octanol–water partition coefficient (Wildman–Crippen LogP) is 3.51. The highest BCUT2D eigenvalue weighted by atomic mass is 19.1. The first kappa shape index (κ1) is 19.0. The molecule has 6 nitrogen and oxygen atoms in total. The fourth-order valence-corrected chi connectivity index (χ4v) is 3.41.